The zero-order valence-corrected chi connectivity index (χ0v) is 6.89. The monoisotopic (exact) mass is 151 g/mol. The predicted molar refractivity (Wildman–Crippen MR) is 46.2 cm³/mol. The van der Waals surface area contributed by atoms with E-state index in [0.29, 0.717) is 5.82 Å². The zero-order chi connectivity index (χ0) is 8.27. The molecule has 1 rings (SSSR count). The van der Waals surface area contributed by atoms with Gasteiger partial charge >= 0.3 is 0 Å². The second-order valence-electron chi connectivity index (χ2n) is 2.59. The molecule has 0 atom stereocenters. The number of hydrogen-bond acceptors (Lipinski definition) is 3. The van der Waals surface area contributed by atoms with Crippen molar-refractivity contribution < 1.29 is 0 Å². The fraction of sp³-hybridized carbons (Fsp3) is 0.375. The maximum atomic E-state index is 5.62. The highest BCUT2D eigenvalue weighted by atomic mass is 14.9. The average Bonchev–Trinajstić information content (AvgIpc) is 1.98. The van der Waals surface area contributed by atoms with Crippen LogP contribution in [-0.4, -0.2) is 12.0 Å². The third-order valence-electron chi connectivity index (χ3n) is 1.51. The van der Waals surface area contributed by atoms with E-state index >= 15 is 0 Å². The van der Waals surface area contributed by atoms with E-state index in [1.165, 1.54) is 0 Å². The van der Waals surface area contributed by atoms with E-state index < -0.39 is 0 Å². The predicted octanol–water partition coefficient (Wildman–Crippen LogP) is 0.692. The smallest absolute Gasteiger partial charge is 0.127 e. The fourth-order valence-electron chi connectivity index (χ4n) is 0.972. The van der Waals surface area contributed by atoms with E-state index in [1.54, 1.807) is 6.20 Å². The number of anilines is 1. The lowest BCUT2D eigenvalue weighted by Crippen LogP contribution is -2.08. The van der Waals surface area contributed by atoms with Crippen molar-refractivity contribution in [3.8, 4) is 0 Å². The number of hydrogen-bond donors (Lipinski definition) is 2. The van der Waals surface area contributed by atoms with E-state index in [-0.39, 0.29) is 0 Å². The van der Waals surface area contributed by atoms with Crippen molar-refractivity contribution in [3.63, 3.8) is 0 Å². The van der Waals surface area contributed by atoms with Crippen LogP contribution >= 0.6 is 0 Å². The van der Waals surface area contributed by atoms with Gasteiger partial charge in [-0.2, -0.15) is 0 Å². The Bertz CT molecular complexity index is 245. The summed E-state index contributed by atoms with van der Waals surface area (Å²) in [4.78, 5) is 4.04. The summed E-state index contributed by atoms with van der Waals surface area (Å²) >= 11 is 0. The van der Waals surface area contributed by atoms with E-state index in [1.807, 2.05) is 20.0 Å². The normalized spacial score (nSPS) is 10.0. The minimum atomic E-state index is 0.616. The summed E-state index contributed by atoms with van der Waals surface area (Å²) < 4.78 is 0. The van der Waals surface area contributed by atoms with Gasteiger partial charge in [0.1, 0.15) is 5.82 Å². The SMILES string of the molecule is CNCc1cc(C)cnc1N. The van der Waals surface area contributed by atoms with Gasteiger partial charge in [-0.3, -0.25) is 0 Å². The van der Waals surface area contributed by atoms with Gasteiger partial charge in [0.25, 0.3) is 0 Å². The van der Waals surface area contributed by atoms with Gasteiger partial charge in [0.15, 0.2) is 0 Å². The number of nitrogen functional groups attached to an aromatic ring is 1. The van der Waals surface area contributed by atoms with E-state index in [0.717, 1.165) is 17.7 Å². The first-order valence-electron chi connectivity index (χ1n) is 3.59. The zero-order valence-electron chi connectivity index (χ0n) is 6.89. The molecule has 1 aromatic rings. The van der Waals surface area contributed by atoms with Crippen molar-refractivity contribution in [1.29, 1.82) is 0 Å². The number of rotatable bonds is 2. The Balaban J connectivity index is 2.93. The quantitative estimate of drug-likeness (QED) is 0.654. The largest absolute Gasteiger partial charge is 0.383 e. The van der Waals surface area contributed by atoms with Crippen molar-refractivity contribution in [2.24, 2.45) is 0 Å². The standard InChI is InChI=1S/C8H13N3/c1-6-3-7(5-10-2)8(9)11-4-6/h3-4,10H,5H2,1-2H3,(H2,9,11). The van der Waals surface area contributed by atoms with Crippen LogP contribution < -0.4 is 11.1 Å². The van der Waals surface area contributed by atoms with Gasteiger partial charge in [0, 0.05) is 18.3 Å². The van der Waals surface area contributed by atoms with E-state index in [4.69, 9.17) is 5.73 Å². The lowest BCUT2D eigenvalue weighted by molar-refractivity contribution is 0.815. The van der Waals surface area contributed by atoms with Crippen LogP contribution in [0, 0.1) is 6.92 Å². The molecular formula is C8H13N3. The third kappa shape index (κ3) is 1.91. The van der Waals surface area contributed by atoms with Gasteiger partial charge in [0.05, 0.1) is 0 Å². The highest BCUT2D eigenvalue weighted by molar-refractivity contribution is 5.40. The Morgan fingerprint density at radius 3 is 3.00 bits per heavy atom. The molecular weight excluding hydrogens is 138 g/mol. The Labute approximate surface area is 66.6 Å². The molecule has 0 aliphatic heterocycles. The molecule has 0 saturated heterocycles. The van der Waals surface area contributed by atoms with Crippen LogP contribution in [0.5, 0.6) is 0 Å². The summed E-state index contributed by atoms with van der Waals surface area (Å²) in [6, 6.07) is 2.04. The van der Waals surface area contributed by atoms with Crippen LogP contribution in [0.25, 0.3) is 0 Å². The lowest BCUT2D eigenvalue weighted by Gasteiger charge is -2.03. The van der Waals surface area contributed by atoms with E-state index in [2.05, 4.69) is 10.3 Å². The Kier molecular flexibility index (Phi) is 2.44. The molecule has 1 heterocycles. The van der Waals surface area contributed by atoms with E-state index in [9.17, 15) is 0 Å². The number of nitrogens with zero attached hydrogens (tertiary/aromatic N) is 1. The van der Waals surface area contributed by atoms with Crippen LogP contribution in [0.3, 0.4) is 0 Å². The van der Waals surface area contributed by atoms with Crippen LogP contribution in [0.2, 0.25) is 0 Å². The Morgan fingerprint density at radius 1 is 1.64 bits per heavy atom. The van der Waals surface area contributed by atoms with Crippen molar-refractivity contribution in [2.75, 3.05) is 12.8 Å². The van der Waals surface area contributed by atoms with Crippen molar-refractivity contribution in [2.45, 2.75) is 13.5 Å². The summed E-state index contributed by atoms with van der Waals surface area (Å²) in [5.74, 6) is 0.616. The molecule has 0 aliphatic carbocycles. The highest BCUT2D eigenvalue weighted by Crippen LogP contribution is 2.08. The molecule has 0 spiro atoms. The summed E-state index contributed by atoms with van der Waals surface area (Å²) in [6.45, 7) is 2.78. The molecule has 0 aromatic carbocycles. The minimum absolute atomic E-state index is 0.616. The third-order valence-corrected chi connectivity index (χ3v) is 1.51. The maximum absolute atomic E-state index is 5.62. The first kappa shape index (κ1) is 8.01. The van der Waals surface area contributed by atoms with Gasteiger partial charge in [-0.25, -0.2) is 4.98 Å². The summed E-state index contributed by atoms with van der Waals surface area (Å²) in [5, 5.41) is 3.03. The summed E-state index contributed by atoms with van der Waals surface area (Å²) in [5.41, 5.74) is 7.83. The van der Waals surface area contributed by atoms with Crippen molar-refractivity contribution in [1.82, 2.24) is 10.3 Å². The van der Waals surface area contributed by atoms with Gasteiger partial charge in [-0.15, -0.1) is 0 Å². The molecule has 0 radical (unpaired) electrons. The van der Waals surface area contributed by atoms with Crippen LogP contribution in [0.15, 0.2) is 12.3 Å². The average molecular weight is 151 g/mol. The first-order chi connectivity index (χ1) is 5.24. The molecule has 3 N–H and O–H groups in total. The molecule has 0 amide bonds. The fourth-order valence-corrected chi connectivity index (χ4v) is 0.972. The summed E-state index contributed by atoms with van der Waals surface area (Å²) in [7, 11) is 1.89. The molecule has 0 saturated carbocycles. The van der Waals surface area contributed by atoms with Crippen molar-refractivity contribution >= 4 is 5.82 Å². The molecule has 0 unspecified atom stereocenters. The van der Waals surface area contributed by atoms with Crippen LogP contribution in [0.4, 0.5) is 5.82 Å². The van der Waals surface area contributed by atoms with Gasteiger partial charge in [-0.05, 0) is 25.6 Å². The number of nitrogens with one attached hydrogen (secondary N) is 1. The molecule has 0 aliphatic rings. The molecule has 60 valence electrons. The molecule has 0 fully saturated rings. The second-order valence-corrected chi connectivity index (χ2v) is 2.59. The van der Waals surface area contributed by atoms with Gasteiger partial charge < -0.3 is 11.1 Å². The second kappa shape index (κ2) is 3.34. The highest BCUT2D eigenvalue weighted by Gasteiger charge is 1.97. The first-order valence-corrected chi connectivity index (χ1v) is 3.59. The van der Waals surface area contributed by atoms with Gasteiger partial charge in [-0.1, -0.05) is 0 Å². The summed E-state index contributed by atoms with van der Waals surface area (Å²) in [6.07, 6.45) is 1.77. The lowest BCUT2D eigenvalue weighted by atomic mass is 10.2. The molecule has 1 aromatic heterocycles. The molecule has 11 heavy (non-hydrogen) atoms. The number of nitrogens with two attached hydrogens (primary N) is 1. The van der Waals surface area contributed by atoms with Crippen LogP contribution in [0.1, 0.15) is 11.1 Å². The number of pyridine rings is 1. The Morgan fingerprint density at radius 2 is 2.36 bits per heavy atom. The molecule has 3 nitrogen and oxygen atoms in total. The Hall–Kier alpha value is -1.09. The molecule has 0 bridgehead atoms. The minimum Gasteiger partial charge on any atom is -0.383 e. The molecule has 3 heteroatoms. The topological polar surface area (TPSA) is 50.9 Å². The van der Waals surface area contributed by atoms with Crippen molar-refractivity contribution in [3.05, 3.63) is 23.4 Å². The number of aromatic nitrogens is 1. The number of aryl methyl sites for hydroxylation is 1. The maximum Gasteiger partial charge on any atom is 0.127 e. The van der Waals surface area contributed by atoms with Gasteiger partial charge in [0.2, 0.25) is 0 Å². The van der Waals surface area contributed by atoms with Crippen LogP contribution in [-0.2, 0) is 6.54 Å².